The standard InChI is InChI=1S/C18H19ClF3N3O5S2/c1-24(2)32(29,30)14-7-5-13(6-8-14)25(31(3,27)28)11-17(26)23-16-10-12(18(20,21)22)4-9-15(16)19/h4-10H,11H2,1-3H3,(H,23,26). The van der Waals surface area contributed by atoms with Gasteiger partial charge in [-0.05, 0) is 42.5 Å². The summed E-state index contributed by atoms with van der Waals surface area (Å²) in [7, 11) is -5.11. The molecule has 0 saturated carbocycles. The average Bonchev–Trinajstić information content (AvgIpc) is 2.66. The highest BCUT2D eigenvalue weighted by atomic mass is 35.5. The summed E-state index contributed by atoms with van der Waals surface area (Å²) in [6.07, 6.45) is -3.85. The Hall–Kier alpha value is -2.35. The number of anilines is 2. The lowest BCUT2D eigenvalue weighted by molar-refractivity contribution is -0.137. The van der Waals surface area contributed by atoms with Gasteiger partial charge >= 0.3 is 6.18 Å². The van der Waals surface area contributed by atoms with Gasteiger partial charge in [0, 0.05) is 14.1 Å². The van der Waals surface area contributed by atoms with E-state index in [-0.39, 0.29) is 21.3 Å². The van der Waals surface area contributed by atoms with Gasteiger partial charge in [-0.1, -0.05) is 11.6 Å². The molecule has 2 aromatic carbocycles. The van der Waals surface area contributed by atoms with E-state index in [0.717, 1.165) is 22.7 Å². The number of nitrogens with zero attached hydrogens (tertiary/aromatic N) is 2. The van der Waals surface area contributed by atoms with Gasteiger partial charge in [0.1, 0.15) is 6.54 Å². The second-order valence-electron chi connectivity index (χ2n) is 6.79. The number of hydrogen-bond donors (Lipinski definition) is 1. The van der Waals surface area contributed by atoms with Gasteiger partial charge in [-0.15, -0.1) is 0 Å². The van der Waals surface area contributed by atoms with E-state index in [1.165, 1.54) is 38.4 Å². The van der Waals surface area contributed by atoms with Gasteiger partial charge in [-0.25, -0.2) is 21.1 Å². The van der Waals surface area contributed by atoms with Crippen LogP contribution in [0, 0.1) is 0 Å². The lowest BCUT2D eigenvalue weighted by Crippen LogP contribution is -2.37. The monoisotopic (exact) mass is 513 g/mol. The molecule has 0 aliphatic rings. The summed E-state index contributed by atoms with van der Waals surface area (Å²) < 4.78 is 89.1. The summed E-state index contributed by atoms with van der Waals surface area (Å²) in [5, 5.41) is 2.00. The minimum Gasteiger partial charge on any atom is -0.323 e. The first-order valence-corrected chi connectivity index (χ1v) is 12.4. The number of benzene rings is 2. The molecule has 0 aliphatic heterocycles. The fourth-order valence-corrected chi connectivity index (χ4v) is 4.44. The van der Waals surface area contributed by atoms with Crippen LogP contribution in [-0.4, -0.2) is 53.9 Å². The van der Waals surface area contributed by atoms with Crippen molar-refractivity contribution in [1.82, 2.24) is 4.31 Å². The van der Waals surface area contributed by atoms with Crippen molar-refractivity contribution in [3.63, 3.8) is 0 Å². The molecule has 176 valence electrons. The quantitative estimate of drug-likeness (QED) is 0.613. The topological polar surface area (TPSA) is 104 Å². The van der Waals surface area contributed by atoms with Gasteiger partial charge in [-0.2, -0.15) is 13.2 Å². The van der Waals surface area contributed by atoms with Crippen LogP contribution >= 0.6 is 11.6 Å². The number of carbonyl (C=O) groups excluding carboxylic acids is 1. The van der Waals surface area contributed by atoms with Gasteiger partial charge in [0.2, 0.25) is 26.0 Å². The molecule has 32 heavy (non-hydrogen) atoms. The minimum absolute atomic E-state index is 0.0181. The maximum Gasteiger partial charge on any atom is 0.416 e. The molecule has 0 bridgehead atoms. The maximum absolute atomic E-state index is 12.9. The number of rotatable bonds is 7. The Morgan fingerprint density at radius 3 is 2.06 bits per heavy atom. The molecule has 0 radical (unpaired) electrons. The van der Waals surface area contributed by atoms with Crippen molar-refractivity contribution in [2.75, 3.05) is 36.5 Å². The van der Waals surface area contributed by atoms with E-state index in [2.05, 4.69) is 5.32 Å². The van der Waals surface area contributed by atoms with Crippen molar-refractivity contribution in [3.05, 3.63) is 53.1 Å². The number of hydrogen-bond acceptors (Lipinski definition) is 5. The third kappa shape index (κ3) is 6.12. The first kappa shape index (κ1) is 25.9. The lowest BCUT2D eigenvalue weighted by atomic mass is 10.2. The van der Waals surface area contributed by atoms with Gasteiger partial charge in [0.15, 0.2) is 0 Å². The molecule has 0 saturated heterocycles. The van der Waals surface area contributed by atoms with Gasteiger partial charge in [-0.3, -0.25) is 9.10 Å². The first-order chi connectivity index (χ1) is 14.5. The zero-order chi connectivity index (χ0) is 24.5. The molecular formula is C18H19ClF3N3O5S2. The number of carbonyl (C=O) groups is 1. The Bertz CT molecular complexity index is 1220. The predicted molar refractivity (Wildman–Crippen MR) is 115 cm³/mol. The van der Waals surface area contributed by atoms with Crippen LogP contribution in [0.5, 0.6) is 0 Å². The van der Waals surface area contributed by atoms with Crippen LogP contribution in [0.3, 0.4) is 0 Å². The maximum atomic E-state index is 12.9. The molecule has 1 N–H and O–H groups in total. The van der Waals surface area contributed by atoms with Crippen LogP contribution in [0.4, 0.5) is 24.5 Å². The summed E-state index contributed by atoms with van der Waals surface area (Å²) in [6.45, 7) is -0.787. The molecular weight excluding hydrogens is 495 g/mol. The number of halogens is 4. The van der Waals surface area contributed by atoms with E-state index in [1.807, 2.05) is 0 Å². The molecule has 0 heterocycles. The second kappa shape index (κ2) is 9.25. The third-order valence-electron chi connectivity index (χ3n) is 4.16. The number of nitrogens with one attached hydrogen (secondary N) is 1. The Kier molecular flexibility index (Phi) is 7.49. The molecule has 2 aromatic rings. The minimum atomic E-state index is -4.67. The Morgan fingerprint density at radius 2 is 1.59 bits per heavy atom. The SMILES string of the molecule is CN(C)S(=O)(=O)c1ccc(N(CC(=O)Nc2cc(C(F)(F)F)ccc2Cl)S(C)(=O)=O)cc1. The molecule has 8 nitrogen and oxygen atoms in total. The number of alkyl halides is 3. The van der Waals surface area contributed by atoms with E-state index in [4.69, 9.17) is 11.6 Å². The number of amides is 1. The van der Waals surface area contributed by atoms with Gasteiger partial charge < -0.3 is 5.32 Å². The highest BCUT2D eigenvalue weighted by Gasteiger charge is 2.31. The first-order valence-electron chi connectivity index (χ1n) is 8.70. The number of sulfonamides is 2. The fourth-order valence-electron chi connectivity index (χ4n) is 2.51. The van der Waals surface area contributed by atoms with E-state index in [0.29, 0.717) is 10.4 Å². The molecule has 0 unspecified atom stereocenters. The molecule has 1 amide bonds. The van der Waals surface area contributed by atoms with Crippen molar-refractivity contribution in [3.8, 4) is 0 Å². The lowest BCUT2D eigenvalue weighted by Gasteiger charge is -2.22. The van der Waals surface area contributed by atoms with E-state index in [1.54, 1.807) is 0 Å². The van der Waals surface area contributed by atoms with Crippen LogP contribution in [-0.2, 0) is 31.0 Å². The normalized spacial score (nSPS) is 12.6. The van der Waals surface area contributed by atoms with Crippen molar-refractivity contribution in [2.45, 2.75) is 11.1 Å². The van der Waals surface area contributed by atoms with Crippen molar-refractivity contribution >= 4 is 48.9 Å². The van der Waals surface area contributed by atoms with E-state index in [9.17, 15) is 34.8 Å². The zero-order valence-corrected chi connectivity index (χ0v) is 19.4. The smallest absolute Gasteiger partial charge is 0.323 e. The Balaban J connectivity index is 2.31. The summed E-state index contributed by atoms with van der Waals surface area (Å²) in [5.41, 5.74) is -1.40. The molecule has 0 aliphatic carbocycles. The summed E-state index contributed by atoms with van der Waals surface area (Å²) in [4.78, 5) is 12.3. The molecule has 2 rings (SSSR count). The third-order valence-corrected chi connectivity index (χ3v) is 7.46. The van der Waals surface area contributed by atoms with Crippen LogP contribution in [0.15, 0.2) is 47.4 Å². The predicted octanol–water partition coefficient (Wildman–Crippen LogP) is 3.01. The van der Waals surface area contributed by atoms with Crippen LogP contribution < -0.4 is 9.62 Å². The van der Waals surface area contributed by atoms with Crippen molar-refractivity contribution in [1.29, 1.82) is 0 Å². The fraction of sp³-hybridized carbons (Fsp3) is 0.278. The van der Waals surface area contributed by atoms with E-state index < -0.39 is 44.2 Å². The van der Waals surface area contributed by atoms with Crippen molar-refractivity contribution in [2.24, 2.45) is 0 Å². The molecule has 0 spiro atoms. The highest BCUT2D eigenvalue weighted by molar-refractivity contribution is 7.92. The second-order valence-corrected chi connectivity index (χ2v) is 11.3. The van der Waals surface area contributed by atoms with Crippen LogP contribution in [0.1, 0.15) is 5.56 Å². The van der Waals surface area contributed by atoms with Crippen molar-refractivity contribution < 1.29 is 34.8 Å². The van der Waals surface area contributed by atoms with E-state index >= 15 is 0 Å². The van der Waals surface area contributed by atoms with Crippen LogP contribution in [0.25, 0.3) is 0 Å². The summed E-state index contributed by atoms with van der Waals surface area (Å²) in [6, 6.07) is 7.06. The Morgan fingerprint density at radius 1 is 1.03 bits per heavy atom. The summed E-state index contributed by atoms with van der Waals surface area (Å²) in [5.74, 6) is -0.957. The molecule has 14 heteroatoms. The average molecular weight is 514 g/mol. The molecule has 0 atom stereocenters. The van der Waals surface area contributed by atoms with Gasteiger partial charge in [0.05, 0.1) is 33.1 Å². The van der Waals surface area contributed by atoms with Gasteiger partial charge in [0.25, 0.3) is 0 Å². The Labute approximate surface area is 188 Å². The largest absolute Gasteiger partial charge is 0.416 e. The zero-order valence-electron chi connectivity index (χ0n) is 17.0. The highest BCUT2D eigenvalue weighted by Crippen LogP contribution is 2.34. The molecule has 0 aromatic heterocycles. The summed E-state index contributed by atoms with van der Waals surface area (Å²) >= 11 is 5.84. The van der Waals surface area contributed by atoms with Crippen LogP contribution in [0.2, 0.25) is 5.02 Å². The molecule has 0 fully saturated rings.